The first-order chi connectivity index (χ1) is 14.0. The molecular weight excluding hydrogens is 426 g/mol. The quantitative estimate of drug-likeness (QED) is 0.343. The largest absolute Gasteiger partial charge is 0.462 e. The number of thiophene rings is 1. The molecule has 3 rings (SSSR count). The predicted molar refractivity (Wildman–Crippen MR) is 121 cm³/mol. The Morgan fingerprint density at radius 1 is 1.10 bits per heavy atom. The van der Waals surface area contributed by atoms with E-state index in [0.717, 1.165) is 10.5 Å². The summed E-state index contributed by atoms with van der Waals surface area (Å²) in [6, 6.07) is 15.2. The normalized spacial score (nSPS) is 10.6. The maximum absolute atomic E-state index is 12.6. The number of amides is 1. The van der Waals surface area contributed by atoms with Crippen LogP contribution in [0.1, 0.15) is 22.8 Å². The summed E-state index contributed by atoms with van der Waals surface area (Å²) in [5.74, 6) is -0.384. The molecular formula is C22H20ClNO3S2. The van der Waals surface area contributed by atoms with Crippen LogP contribution in [0.5, 0.6) is 0 Å². The molecule has 0 bridgehead atoms. The van der Waals surface area contributed by atoms with Crippen LogP contribution in [0, 0.1) is 6.92 Å². The minimum atomic E-state index is -0.458. The number of hydrogen-bond acceptors (Lipinski definition) is 5. The van der Waals surface area contributed by atoms with Crippen molar-refractivity contribution in [3.8, 4) is 11.1 Å². The number of halogens is 1. The summed E-state index contributed by atoms with van der Waals surface area (Å²) in [6.07, 6.45) is 0. The molecule has 1 amide bonds. The highest BCUT2D eigenvalue weighted by Gasteiger charge is 2.22. The monoisotopic (exact) mass is 445 g/mol. The van der Waals surface area contributed by atoms with Gasteiger partial charge in [-0.15, -0.1) is 23.1 Å². The van der Waals surface area contributed by atoms with Crippen LogP contribution in [0.25, 0.3) is 11.1 Å². The van der Waals surface area contributed by atoms with Crippen molar-refractivity contribution in [3.63, 3.8) is 0 Å². The molecule has 0 unspecified atom stereocenters. The van der Waals surface area contributed by atoms with Crippen LogP contribution in [0.15, 0.2) is 58.8 Å². The van der Waals surface area contributed by atoms with E-state index in [1.807, 2.05) is 48.7 Å². The number of aryl methyl sites for hydroxylation is 1. The lowest BCUT2D eigenvalue weighted by Crippen LogP contribution is -2.16. The lowest BCUT2D eigenvalue weighted by molar-refractivity contribution is -0.113. The van der Waals surface area contributed by atoms with Crippen LogP contribution < -0.4 is 5.32 Å². The highest BCUT2D eigenvalue weighted by Crippen LogP contribution is 2.36. The number of hydrogen-bond donors (Lipinski definition) is 1. The van der Waals surface area contributed by atoms with E-state index in [-0.39, 0.29) is 18.3 Å². The first-order valence-corrected chi connectivity index (χ1v) is 11.3. The Morgan fingerprint density at radius 3 is 2.45 bits per heavy atom. The average Bonchev–Trinajstić information content (AvgIpc) is 3.12. The third-order valence-corrected chi connectivity index (χ3v) is 6.23. The first-order valence-electron chi connectivity index (χ1n) is 9.01. The molecule has 0 saturated heterocycles. The highest BCUT2D eigenvalue weighted by molar-refractivity contribution is 8.00. The van der Waals surface area contributed by atoms with Crippen molar-refractivity contribution in [2.75, 3.05) is 17.7 Å². The number of thioether (sulfide) groups is 1. The van der Waals surface area contributed by atoms with Gasteiger partial charge in [-0.05, 0) is 43.7 Å². The van der Waals surface area contributed by atoms with Crippen LogP contribution in [-0.2, 0) is 9.53 Å². The molecule has 0 atom stereocenters. The Balaban J connectivity index is 1.78. The highest BCUT2D eigenvalue weighted by atomic mass is 35.5. The van der Waals surface area contributed by atoms with Crippen molar-refractivity contribution in [1.82, 2.24) is 0 Å². The molecule has 3 aromatic rings. The smallest absolute Gasteiger partial charge is 0.341 e. The molecule has 150 valence electrons. The molecule has 7 heteroatoms. The van der Waals surface area contributed by atoms with Crippen molar-refractivity contribution in [2.45, 2.75) is 18.7 Å². The molecule has 0 spiro atoms. The fraction of sp³-hybridized carbons (Fsp3) is 0.182. The second-order valence-corrected chi connectivity index (χ2v) is 8.60. The van der Waals surface area contributed by atoms with E-state index < -0.39 is 5.97 Å². The van der Waals surface area contributed by atoms with Crippen LogP contribution in [0.3, 0.4) is 0 Å². The molecule has 2 aromatic carbocycles. The van der Waals surface area contributed by atoms with Gasteiger partial charge in [0.15, 0.2) is 0 Å². The second-order valence-electron chi connectivity index (χ2n) is 6.23. The van der Waals surface area contributed by atoms with Gasteiger partial charge in [-0.3, -0.25) is 4.79 Å². The van der Waals surface area contributed by atoms with E-state index >= 15 is 0 Å². The van der Waals surface area contributed by atoms with Gasteiger partial charge in [0.05, 0.1) is 12.4 Å². The van der Waals surface area contributed by atoms with E-state index in [4.69, 9.17) is 16.3 Å². The number of nitrogens with one attached hydrogen (secondary N) is 1. The van der Waals surface area contributed by atoms with Gasteiger partial charge >= 0.3 is 5.97 Å². The number of benzene rings is 2. The number of carbonyl (C=O) groups excluding carboxylic acids is 2. The molecule has 1 aromatic heterocycles. The number of esters is 1. The standard InChI is InChI=1S/C22H20ClNO3S2/c1-3-27-22(26)20-18(15-6-8-16(23)9-7-15)12-29-21(20)24-19(25)13-28-17-10-4-14(2)5-11-17/h4-12H,3,13H2,1-2H3,(H,24,25). The minimum Gasteiger partial charge on any atom is -0.462 e. The molecule has 0 fully saturated rings. The number of anilines is 1. The Kier molecular flexibility index (Phi) is 7.36. The van der Waals surface area contributed by atoms with E-state index in [2.05, 4.69) is 5.32 Å². The van der Waals surface area contributed by atoms with Gasteiger partial charge < -0.3 is 10.1 Å². The Hall–Kier alpha value is -2.28. The van der Waals surface area contributed by atoms with E-state index in [9.17, 15) is 9.59 Å². The molecule has 4 nitrogen and oxygen atoms in total. The summed E-state index contributed by atoms with van der Waals surface area (Å²) < 4.78 is 5.22. The van der Waals surface area contributed by atoms with Crippen LogP contribution in [0.2, 0.25) is 5.02 Å². The molecule has 0 aliphatic carbocycles. The lowest BCUT2D eigenvalue weighted by atomic mass is 10.0. The van der Waals surface area contributed by atoms with Gasteiger partial charge in [0.25, 0.3) is 0 Å². The number of carbonyl (C=O) groups is 2. The zero-order chi connectivity index (χ0) is 20.8. The van der Waals surface area contributed by atoms with E-state index in [0.29, 0.717) is 21.2 Å². The van der Waals surface area contributed by atoms with Gasteiger partial charge in [0.1, 0.15) is 10.6 Å². The van der Waals surface area contributed by atoms with Gasteiger partial charge in [-0.25, -0.2) is 4.79 Å². The van der Waals surface area contributed by atoms with Gasteiger partial charge in [-0.2, -0.15) is 0 Å². The Bertz CT molecular complexity index is 998. The minimum absolute atomic E-state index is 0.175. The topological polar surface area (TPSA) is 55.4 Å². The molecule has 0 radical (unpaired) electrons. The van der Waals surface area contributed by atoms with Crippen LogP contribution in [0.4, 0.5) is 5.00 Å². The summed E-state index contributed by atoms with van der Waals surface area (Å²) >= 11 is 8.72. The fourth-order valence-corrected chi connectivity index (χ4v) is 4.44. The third-order valence-electron chi connectivity index (χ3n) is 4.07. The van der Waals surface area contributed by atoms with E-state index in [1.54, 1.807) is 19.1 Å². The maximum atomic E-state index is 12.6. The molecule has 0 saturated carbocycles. The second kappa shape index (κ2) is 9.96. The van der Waals surface area contributed by atoms with Gasteiger partial charge in [0.2, 0.25) is 5.91 Å². The summed E-state index contributed by atoms with van der Waals surface area (Å²) in [6.45, 7) is 4.03. The molecule has 29 heavy (non-hydrogen) atoms. The predicted octanol–water partition coefficient (Wildman–Crippen LogP) is 6.28. The van der Waals surface area contributed by atoms with E-state index in [1.165, 1.54) is 28.7 Å². The lowest BCUT2D eigenvalue weighted by Gasteiger charge is -2.09. The Morgan fingerprint density at radius 2 is 1.79 bits per heavy atom. The van der Waals surface area contributed by atoms with Gasteiger partial charge in [-0.1, -0.05) is 41.4 Å². The van der Waals surface area contributed by atoms with Crippen molar-refractivity contribution in [1.29, 1.82) is 0 Å². The SMILES string of the molecule is CCOC(=O)c1c(-c2ccc(Cl)cc2)csc1NC(=O)CSc1ccc(C)cc1. The van der Waals surface area contributed by atoms with Crippen LogP contribution >= 0.6 is 34.7 Å². The van der Waals surface area contributed by atoms with Gasteiger partial charge in [0, 0.05) is 20.9 Å². The fourth-order valence-electron chi connectivity index (χ4n) is 2.64. The van der Waals surface area contributed by atoms with Crippen molar-refractivity contribution in [3.05, 3.63) is 70.1 Å². The first kappa shape index (κ1) is 21.4. The summed E-state index contributed by atoms with van der Waals surface area (Å²) in [5, 5.41) is 5.81. The summed E-state index contributed by atoms with van der Waals surface area (Å²) in [4.78, 5) is 26.1. The van der Waals surface area contributed by atoms with Crippen LogP contribution in [-0.4, -0.2) is 24.2 Å². The maximum Gasteiger partial charge on any atom is 0.341 e. The van der Waals surface area contributed by atoms with Crippen molar-refractivity contribution in [2.24, 2.45) is 0 Å². The third kappa shape index (κ3) is 5.63. The number of ether oxygens (including phenoxy) is 1. The molecule has 1 heterocycles. The van der Waals surface area contributed by atoms with Crippen molar-refractivity contribution >= 4 is 51.6 Å². The zero-order valence-corrected chi connectivity index (χ0v) is 18.4. The molecule has 0 aliphatic heterocycles. The summed E-state index contributed by atoms with van der Waals surface area (Å²) in [7, 11) is 0. The molecule has 1 N–H and O–H groups in total. The number of rotatable bonds is 7. The molecule has 0 aliphatic rings. The average molecular weight is 446 g/mol. The zero-order valence-electron chi connectivity index (χ0n) is 16.0. The van der Waals surface area contributed by atoms with Crippen molar-refractivity contribution < 1.29 is 14.3 Å². The summed E-state index contributed by atoms with van der Waals surface area (Å²) in [5.41, 5.74) is 3.09. The Labute approximate surface area is 183 Å².